The maximum Gasteiger partial charge on any atom is 0.146 e. The maximum absolute atomic E-state index is 5.31. The first kappa shape index (κ1) is 10.9. The molecule has 0 spiro atoms. The Morgan fingerprint density at radius 3 is 1.91 bits per heavy atom. The number of ether oxygens (including phenoxy) is 1. The van der Waals surface area contributed by atoms with Crippen molar-refractivity contribution in [3.8, 4) is 0 Å². The van der Waals surface area contributed by atoms with Gasteiger partial charge in [0.25, 0.3) is 0 Å². The fourth-order valence-electron chi connectivity index (χ4n) is 0.756. The average Bonchev–Trinajstić information content (AvgIpc) is 1.87. The van der Waals surface area contributed by atoms with E-state index >= 15 is 0 Å². The van der Waals surface area contributed by atoms with Gasteiger partial charge in [-0.15, -0.1) is 0 Å². The van der Waals surface area contributed by atoms with Crippen molar-refractivity contribution in [2.45, 2.75) is 19.4 Å². The number of methoxy groups -OCH3 is 1. The lowest BCUT2D eigenvalue weighted by Crippen LogP contribution is -2.57. The Hall–Kier alpha value is -0.120. The SMILES string of the molecule is COCC(C)(C)[N+](C)(C)OC. The van der Waals surface area contributed by atoms with Crippen LogP contribution < -0.4 is 0 Å². The Morgan fingerprint density at radius 1 is 1.18 bits per heavy atom. The van der Waals surface area contributed by atoms with Crippen molar-refractivity contribution in [3.63, 3.8) is 0 Å². The van der Waals surface area contributed by atoms with E-state index in [4.69, 9.17) is 9.57 Å². The van der Waals surface area contributed by atoms with Crippen LogP contribution in [0.3, 0.4) is 0 Å². The van der Waals surface area contributed by atoms with Crippen LogP contribution >= 0.6 is 0 Å². The van der Waals surface area contributed by atoms with Crippen molar-refractivity contribution in [2.75, 3.05) is 34.9 Å². The molecule has 0 N–H and O–H groups in total. The Kier molecular flexibility index (Phi) is 3.48. The van der Waals surface area contributed by atoms with Crippen molar-refractivity contribution in [2.24, 2.45) is 0 Å². The van der Waals surface area contributed by atoms with E-state index in [2.05, 4.69) is 13.8 Å². The van der Waals surface area contributed by atoms with Crippen molar-refractivity contribution >= 4 is 0 Å². The summed E-state index contributed by atoms with van der Waals surface area (Å²) in [6, 6.07) is 0. The first-order valence-electron chi connectivity index (χ1n) is 3.76. The second kappa shape index (κ2) is 3.52. The molecule has 0 aliphatic carbocycles. The minimum atomic E-state index is -0.0104. The van der Waals surface area contributed by atoms with Gasteiger partial charge in [-0.3, -0.25) is 0 Å². The van der Waals surface area contributed by atoms with Gasteiger partial charge in [0.2, 0.25) is 0 Å². The van der Waals surface area contributed by atoms with Crippen molar-refractivity contribution in [1.82, 2.24) is 0 Å². The second-order valence-electron chi connectivity index (χ2n) is 3.78. The van der Waals surface area contributed by atoms with Crippen LogP contribution in [0.15, 0.2) is 0 Å². The van der Waals surface area contributed by atoms with Crippen LogP contribution in [0.25, 0.3) is 0 Å². The third-order valence-corrected chi connectivity index (χ3v) is 2.41. The fraction of sp³-hybridized carbons (Fsp3) is 1.00. The third kappa shape index (κ3) is 2.43. The average molecular weight is 162 g/mol. The molecule has 0 rings (SSSR count). The van der Waals surface area contributed by atoms with E-state index in [1.807, 2.05) is 14.1 Å². The maximum atomic E-state index is 5.31. The van der Waals surface area contributed by atoms with E-state index in [9.17, 15) is 0 Å². The number of rotatable bonds is 4. The summed E-state index contributed by atoms with van der Waals surface area (Å²) in [5.41, 5.74) is -0.0104. The number of nitrogens with zero attached hydrogens (tertiary/aromatic N) is 1. The molecule has 68 valence electrons. The zero-order valence-electron chi connectivity index (χ0n) is 8.47. The molecule has 0 aromatic heterocycles. The van der Waals surface area contributed by atoms with Gasteiger partial charge in [0.1, 0.15) is 12.1 Å². The van der Waals surface area contributed by atoms with Gasteiger partial charge in [-0.05, 0) is 13.8 Å². The molecule has 0 atom stereocenters. The minimum Gasteiger partial charge on any atom is -0.378 e. The predicted molar refractivity (Wildman–Crippen MR) is 45.1 cm³/mol. The highest BCUT2D eigenvalue weighted by Gasteiger charge is 2.37. The zero-order valence-corrected chi connectivity index (χ0v) is 8.47. The van der Waals surface area contributed by atoms with Gasteiger partial charge >= 0.3 is 0 Å². The molecule has 0 radical (unpaired) electrons. The van der Waals surface area contributed by atoms with Gasteiger partial charge in [-0.1, -0.05) is 0 Å². The molecule has 0 unspecified atom stereocenters. The highest BCUT2D eigenvalue weighted by Crippen LogP contribution is 2.19. The summed E-state index contributed by atoms with van der Waals surface area (Å²) >= 11 is 0. The lowest BCUT2D eigenvalue weighted by molar-refractivity contribution is -1.11. The summed E-state index contributed by atoms with van der Waals surface area (Å²) < 4.78 is 5.60. The molecule has 0 aromatic rings. The van der Waals surface area contributed by atoms with Crippen molar-refractivity contribution in [1.29, 1.82) is 0 Å². The Morgan fingerprint density at radius 2 is 1.64 bits per heavy atom. The summed E-state index contributed by atoms with van der Waals surface area (Å²) in [5, 5.41) is 0. The fourth-order valence-corrected chi connectivity index (χ4v) is 0.756. The van der Waals surface area contributed by atoms with E-state index < -0.39 is 0 Å². The Bertz CT molecular complexity index is 121. The topological polar surface area (TPSA) is 18.5 Å². The summed E-state index contributed by atoms with van der Waals surface area (Å²) in [7, 11) is 7.44. The van der Waals surface area contributed by atoms with E-state index in [0.29, 0.717) is 11.3 Å². The number of hydrogen-bond acceptors (Lipinski definition) is 2. The van der Waals surface area contributed by atoms with E-state index in [1.165, 1.54) is 0 Å². The van der Waals surface area contributed by atoms with Crippen molar-refractivity contribution < 1.29 is 14.2 Å². The van der Waals surface area contributed by atoms with Crippen LogP contribution in [-0.2, 0) is 9.57 Å². The highest BCUT2D eigenvalue weighted by atomic mass is 16.7. The minimum absolute atomic E-state index is 0.0104. The van der Waals surface area contributed by atoms with E-state index in [-0.39, 0.29) is 5.54 Å². The number of hydrogen-bond donors (Lipinski definition) is 0. The van der Waals surface area contributed by atoms with Crippen LogP contribution in [0, 0.1) is 0 Å². The predicted octanol–water partition coefficient (Wildman–Crippen LogP) is 1.05. The highest BCUT2D eigenvalue weighted by molar-refractivity contribution is 4.65. The number of quaternary nitrogens is 1. The molecule has 0 aromatic carbocycles. The molecule has 3 heteroatoms. The monoisotopic (exact) mass is 162 g/mol. The quantitative estimate of drug-likeness (QED) is 0.454. The molecular weight excluding hydrogens is 142 g/mol. The molecule has 0 aliphatic heterocycles. The molecule has 0 saturated heterocycles. The van der Waals surface area contributed by atoms with Gasteiger partial charge in [0, 0.05) is 7.11 Å². The van der Waals surface area contributed by atoms with Crippen LogP contribution in [0.5, 0.6) is 0 Å². The van der Waals surface area contributed by atoms with Gasteiger partial charge < -0.3 is 4.74 Å². The normalized spacial score (nSPS) is 13.6. The summed E-state index contributed by atoms with van der Waals surface area (Å²) in [5.74, 6) is 0. The lowest BCUT2D eigenvalue weighted by Gasteiger charge is -2.39. The molecular formula is C8H20NO2+. The molecule has 0 aliphatic rings. The van der Waals surface area contributed by atoms with Gasteiger partial charge in [0.05, 0.1) is 21.2 Å². The standard InChI is InChI=1S/C8H20NO2/c1-8(2,7-10-5)9(3,4)11-6/h7H2,1-6H3/q+1. The molecule has 0 fully saturated rings. The van der Waals surface area contributed by atoms with E-state index in [1.54, 1.807) is 14.2 Å². The first-order chi connectivity index (χ1) is 4.87. The number of likely N-dealkylation sites (N-methyl/N-ethyl adjacent to an activating group) is 1. The molecule has 0 heterocycles. The third-order valence-electron chi connectivity index (χ3n) is 2.41. The first-order valence-corrected chi connectivity index (χ1v) is 3.76. The van der Waals surface area contributed by atoms with Gasteiger partial charge in [0.15, 0.2) is 0 Å². The van der Waals surface area contributed by atoms with Crippen LogP contribution in [-0.4, -0.2) is 45.1 Å². The summed E-state index contributed by atoms with van der Waals surface area (Å²) in [6.07, 6.45) is 0. The lowest BCUT2D eigenvalue weighted by atomic mass is 10.1. The summed E-state index contributed by atoms with van der Waals surface area (Å²) in [4.78, 5) is 5.31. The molecule has 0 bridgehead atoms. The van der Waals surface area contributed by atoms with Crippen LogP contribution in [0.4, 0.5) is 0 Å². The van der Waals surface area contributed by atoms with Gasteiger partial charge in [-0.2, -0.15) is 4.65 Å². The van der Waals surface area contributed by atoms with Crippen LogP contribution in [0.1, 0.15) is 13.8 Å². The molecule has 0 saturated carbocycles. The molecule has 11 heavy (non-hydrogen) atoms. The number of hydroxylamine groups is 3. The van der Waals surface area contributed by atoms with E-state index in [0.717, 1.165) is 0 Å². The zero-order chi connectivity index (χ0) is 9.12. The summed E-state index contributed by atoms with van der Waals surface area (Å²) in [6.45, 7) is 4.91. The van der Waals surface area contributed by atoms with Crippen molar-refractivity contribution in [3.05, 3.63) is 0 Å². The molecule has 0 amide bonds. The Labute approximate surface area is 69.4 Å². The Balaban J connectivity index is 4.26. The second-order valence-corrected chi connectivity index (χ2v) is 3.78. The van der Waals surface area contributed by atoms with Crippen LogP contribution in [0.2, 0.25) is 0 Å². The van der Waals surface area contributed by atoms with Gasteiger partial charge in [-0.25, -0.2) is 4.84 Å². The molecule has 3 nitrogen and oxygen atoms in total. The smallest absolute Gasteiger partial charge is 0.146 e. The largest absolute Gasteiger partial charge is 0.378 e.